The van der Waals surface area contributed by atoms with Crippen LogP contribution in [0.1, 0.15) is 30.5 Å². The van der Waals surface area contributed by atoms with E-state index in [0.717, 1.165) is 19.6 Å². The van der Waals surface area contributed by atoms with Crippen LogP contribution in [0.15, 0.2) is 18.2 Å². The van der Waals surface area contributed by atoms with Crippen molar-refractivity contribution in [2.45, 2.75) is 46.4 Å². The third kappa shape index (κ3) is 3.30. The fourth-order valence-electron chi connectivity index (χ4n) is 2.62. The molecule has 1 fully saturated rings. The highest BCUT2D eigenvalue weighted by atomic mass is 16.5. The molecule has 0 saturated carbocycles. The van der Waals surface area contributed by atoms with Crippen LogP contribution in [0.4, 0.5) is 0 Å². The monoisotopic (exact) mass is 233 g/mol. The zero-order valence-electron chi connectivity index (χ0n) is 11.4. The maximum Gasteiger partial charge on any atom is 0.0678 e. The number of ether oxygens (including phenoxy) is 1. The summed E-state index contributed by atoms with van der Waals surface area (Å²) < 4.78 is 5.77. The van der Waals surface area contributed by atoms with Gasteiger partial charge in [-0.3, -0.25) is 4.90 Å². The van der Waals surface area contributed by atoms with Gasteiger partial charge in [-0.05, 0) is 38.8 Å². The zero-order chi connectivity index (χ0) is 12.4. The molecule has 0 spiro atoms. The molecule has 1 saturated heterocycles. The molecule has 2 rings (SSSR count). The molecule has 94 valence electrons. The highest BCUT2D eigenvalue weighted by molar-refractivity contribution is 5.30. The fraction of sp³-hybridized carbons (Fsp3) is 0.600. The summed E-state index contributed by atoms with van der Waals surface area (Å²) in [5.74, 6) is 0. The highest BCUT2D eigenvalue weighted by Gasteiger charge is 2.22. The number of morpholine rings is 1. The third-order valence-corrected chi connectivity index (χ3v) is 3.39. The van der Waals surface area contributed by atoms with E-state index in [1.165, 1.54) is 16.7 Å². The summed E-state index contributed by atoms with van der Waals surface area (Å²) in [6, 6.07) is 6.71. The van der Waals surface area contributed by atoms with E-state index in [0.29, 0.717) is 12.2 Å². The van der Waals surface area contributed by atoms with E-state index in [9.17, 15) is 0 Å². The molecule has 1 aliphatic heterocycles. The van der Waals surface area contributed by atoms with Crippen molar-refractivity contribution in [3.8, 4) is 0 Å². The molecule has 2 heteroatoms. The molecular weight excluding hydrogens is 210 g/mol. The minimum Gasteiger partial charge on any atom is -0.373 e. The van der Waals surface area contributed by atoms with Crippen molar-refractivity contribution < 1.29 is 4.74 Å². The van der Waals surface area contributed by atoms with E-state index < -0.39 is 0 Å². The van der Waals surface area contributed by atoms with Crippen LogP contribution >= 0.6 is 0 Å². The number of benzene rings is 1. The molecule has 0 bridgehead atoms. The van der Waals surface area contributed by atoms with Crippen LogP contribution in [0, 0.1) is 13.8 Å². The Kier molecular flexibility index (Phi) is 3.85. The average molecular weight is 233 g/mol. The third-order valence-electron chi connectivity index (χ3n) is 3.39. The quantitative estimate of drug-likeness (QED) is 0.779. The standard InChI is InChI=1S/C15H23NO/c1-11-5-6-12(2)15(7-11)10-16-8-13(3)17-14(4)9-16/h5-7,13-14H,8-10H2,1-4H3/t13-,14+. The van der Waals surface area contributed by atoms with Crippen molar-refractivity contribution >= 4 is 0 Å². The molecule has 2 atom stereocenters. The molecule has 0 aliphatic carbocycles. The van der Waals surface area contributed by atoms with Gasteiger partial charge in [-0.25, -0.2) is 0 Å². The predicted octanol–water partition coefficient (Wildman–Crippen LogP) is 2.91. The van der Waals surface area contributed by atoms with Crippen molar-refractivity contribution in [2.24, 2.45) is 0 Å². The smallest absolute Gasteiger partial charge is 0.0678 e. The lowest BCUT2D eigenvalue weighted by Gasteiger charge is -2.35. The Labute approximate surface area is 105 Å². The highest BCUT2D eigenvalue weighted by Crippen LogP contribution is 2.17. The maximum atomic E-state index is 5.77. The molecule has 17 heavy (non-hydrogen) atoms. The Morgan fingerprint density at radius 3 is 2.47 bits per heavy atom. The molecular formula is C15H23NO. The number of hydrogen-bond acceptors (Lipinski definition) is 2. The summed E-state index contributed by atoms with van der Waals surface area (Å²) in [6.45, 7) is 11.8. The molecule has 2 nitrogen and oxygen atoms in total. The van der Waals surface area contributed by atoms with Crippen LogP contribution < -0.4 is 0 Å². The van der Waals surface area contributed by atoms with Crippen LogP contribution in [0.5, 0.6) is 0 Å². The lowest BCUT2D eigenvalue weighted by molar-refractivity contribution is -0.0705. The van der Waals surface area contributed by atoms with Crippen molar-refractivity contribution in [1.82, 2.24) is 4.90 Å². The first-order valence-electron chi connectivity index (χ1n) is 6.48. The number of aryl methyl sites for hydroxylation is 2. The van der Waals surface area contributed by atoms with Crippen LogP contribution in [0.25, 0.3) is 0 Å². The van der Waals surface area contributed by atoms with Gasteiger partial charge in [0.05, 0.1) is 12.2 Å². The fourth-order valence-corrected chi connectivity index (χ4v) is 2.62. The van der Waals surface area contributed by atoms with E-state index in [4.69, 9.17) is 4.74 Å². The Morgan fingerprint density at radius 1 is 1.18 bits per heavy atom. The second kappa shape index (κ2) is 5.19. The second-order valence-corrected chi connectivity index (χ2v) is 5.38. The summed E-state index contributed by atoms with van der Waals surface area (Å²) in [5.41, 5.74) is 4.19. The molecule has 0 aromatic heterocycles. The van der Waals surface area contributed by atoms with Crippen LogP contribution in [-0.2, 0) is 11.3 Å². The summed E-state index contributed by atoms with van der Waals surface area (Å²) in [4.78, 5) is 2.50. The Balaban J connectivity index is 2.07. The number of hydrogen-bond donors (Lipinski definition) is 0. The molecule has 1 aliphatic rings. The summed E-state index contributed by atoms with van der Waals surface area (Å²) >= 11 is 0. The maximum absolute atomic E-state index is 5.77. The summed E-state index contributed by atoms with van der Waals surface area (Å²) in [6.07, 6.45) is 0.702. The first kappa shape index (κ1) is 12.6. The van der Waals surface area contributed by atoms with Crippen LogP contribution in [-0.4, -0.2) is 30.2 Å². The summed E-state index contributed by atoms with van der Waals surface area (Å²) in [7, 11) is 0. The summed E-state index contributed by atoms with van der Waals surface area (Å²) in [5, 5.41) is 0. The van der Waals surface area contributed by atoms with Crippen molar-refractivity contribution in [2.75, 3.05) is 13.1 Å². The van der Waals surface area contributed by atoms with E-state index >= 15 is 0 Å². The Morgan fingerprint density at radius 2 is 1.82 bits per heavy atom. The minimum atomic E-state index is 0.351. The van der Waals surface area contributed by atoms with Gasteiger partial charge in [0.15, 0.2) is 0 Å². The van der Waals surface area contributed by atoms with Crippen LogP contribution in [0.2, 0.25) is 0 Å². The molecule has 0 N–H and O–H groups in total. The Hall–Kier alpha value is -0.860. The van der Waals surface area contributed by atoms with Crippen molar-refractivity contribution in [3.63, 3.8) is 0 Å². The van der Waals surface area contributed by atoms with Gasteiger partial charge in [0.1, 0.15) is 0 Å². The van der Waals surface area contributed by atoms with Gasteiger partial charge in [0.2, 0.25) is 0 Å². The van der Waals surface area contributed by atoms with Crippen molar-refractivity contribution in [1.29, 1.82) is 0 Å². The lowest BCUT2D eigenvalue weighted by atomic mass is 10.0. The van der Waals surface area contributed by atoms with E-state index in [-0.39, 0.29) is 0 Å². The van der Waals surface area contributed by atoms with Gasteiger partial charge in [-0.1, -0.05) is 23.8 Å². The minimum absolute atomic E-state index is 0.351. The average Bonchev–Trinajstić information content (AvgIpc) is 2.22. The van der Waals surface area contributed by atoms with E-state index in [1.807, 2.05) is 0 Å². The Bertz CT molecular complexity index is 379. The van der Waals surface area contributed by atoms with Crippen molar-refractivity contribution in [3.05, 3.63) is 34.9 Å². The second-order valence-electron chi connectivity index (χ2n) is 5.38. The predicted molar refractivity (Wildman–Crippen MR) is 71.2 cm³/mol. The SMILES string of the molecule is Cc1ccc(C)c(CN2C[C@@H](C)O[C@@H](C)C2)c1. The number of rotatable bonds is 2. The van der Waals surface area contributed by atoms with E-state index in [1.54, 1.807) is 0 Å². The first-order valence-corrected chi connectivity index (χ1v) is 6.48. The molecule has 0 amide bonds. The van der Waals surface area contributed by atoms with Crippen LogP contribution in [0.3, 0.4) is 0 Å². The largest absolute Gasteiger partial charge is 0.373 e. The van der Waals surface area contributed by atoms with Gasteiger partial charge in [0.25, 0.3) is 0 Å². The topological polar surface area (TPSA) is 12.5 Å². The van der Waals surface area contributed by atoms with Gasteiger partial charge in [0, 0.05) is 19.6 Å². The molecule has 1 aromatic rings. The molecule has 0 unspecified atom stereocenters. The van der Waals surface area contributed by atoms with Gasteiger partial charge in [-0.2, -0.15) is 0 Å². The van der Waals surface area contributed by atoms with Gasteiger partial charge < -0.3 is 4.74 Å². The van der Waals surface area contributed by atoms with Gasteiger partial charge >= 0.3 is 0 Å². The number of nitrogens with zero attached hydrogens (tertiary/aromatic N) is 1. The zero-order valence-corrected chi connectivity index (χ0v) is 11.4. The molecule has 0 radical (unpaired) electrons. The van der Waals surface area contributed by atoms with E-state index in [2.05, 4.69) is 50.8 Å². The van der Waals surface area contributed by atoms with Gasteiger partial charge in [-0.15, -0.1) is 0 Å². The lowest BCUT2D eigenvalue weighted by Crippen LogP contribution is -2.44. The molecule has 1 heterocycles. The molecule has 1 aromatic carbocycles. The normalized spacial score (nSPS) is 26.1. The first-order chi connectivity index (χ1) is 8.04.